The summed E-state index contributed by atoms with van der Waals surface area (Å²) in [6.07, 6.45) is 0. The SMILES string of the molecule is Nc1cc(F)c(F)cc1-c1nc2ccccc2n1CCO. The van der Waals surface area contributed by atoms with Gasteiger partial charge in [0, 0.05) is 23.9 Å². The number of nitrogens with two attached hydrogens (primary N) is 1. The van der Waals surface area contributed by atoms with Gasteiger partial charge in [0.25, 0.3) is 0 Å². The van der Waals surface area contributed by atoms with Gasteiger partial charge >= 0.3 is 0 Å². The number of aliphatic hydroxyl groups excluding tert-OH is 1. The average Bonchev–Trinajstić information content (AvgIpc) is 2.82. The predicted octanol–water partition coefficient (Wildman–Crippen LogP) is 2.56. The number of anilines is 1. The zero-order valence-electron chi connectivity index (χ0n) is 11.1. The van der Waals surface area contributed by atoms with E-state index in [1.807, 2.05) is 24.3 Å². The highest BCUT2D eigenvalue weighted by atomic mass is 19.2. The van der Waals surface area contributed by atoms with Crippen molar-refractivity contribution in [3.63, 3.8) is 0 Å². The minimum Gasteiger partial charge on any atom is -0.398 e. The highest BCUT2D eigenvalue weighted by Crippen LogP contribution is 2.30. The molecule has 3 N–H and O–H groups in total. The van der Waals surface area contributed by atoms with Gasteiger partial charge in [0.1, 0.15) is 5.82 Å². The molecule has 0 amide bonds. The van der Waals surface area contributed by atoms with Gasteiger partial charge in [-0.1, -0.05) is 12.1 Å². The Bertz CT molecular complexity index is 814. The minimum absolute atomic E-state index is 0.100. The van der Waals surface area contributed by atoms with Gasteiger partial charge in [-0.25, -0.2) is 13.8 Å². The van der Waals surface area contributed by atoms with E-state index < -0.39 is 11.6 Å². The molecule has 0 spiro atoms. The second-order valence-electron chi connectivity index (χ2n) is 4.65. The van der Waals surface area contributed by atoms with Crippen LogP contribution < -0.4 is 5.73 Å². The molecular weight excluding hydrogens is 276 g/mol. The molecule has 3 rings (SSSR count). The molecule has 0 atom stereocenters. The van der Waals surface area contributed by atoms with Crippen LogP contribution >= 0.6 is 0 Å². The summed E-state index contributed by atoms with van der Waals surface area (Å²) in [5.41, 5.74) is 7.69. The van der Waals surface area contributed by atoms with Gasteiger partial charge in [-0.3, -0.25) is 0 Å². The number of aliphatic hydroxyl groups is 1. The van der Waals surface area contributed by atoms with Crippen molar-refractivity contribution >= 4 is 16.7 Å². The number of aromatic nitrogens is 2. The molecule has 1 heterocycles. The third-order valence-corrected chi connectivity index (χ3v) is 3.31. The Morgan fingerprint density at radius 3 is 2.62 bits per heavy atom. The van der Waals surface area contributed by atoms with Crippen molar-refractivity contribution in [3.8, 4) is 11.4 Å². The molecule has 4 nitrogen and oxygen atoms in total. The molecule has 0 aliphatic heterocycles. The lowest BCUT2D eigenvalue weighted by Gasteiger charge is -2.10. The number of imidazole rings is 1. The molecule has 0 unspecified atom stereocenters. The van der Waals surface area contributed by atoms with Crippen LogP contribution in [0.15, 0.2) is 36.4 Å². The molecule has 1 aromatic heterocycles. The van der Waals surface area contributed by atoms with Crippen molar-refractivity contribution in [1.29, 1.82) is 0 Å². The molecule has 0 fully saturated rings. The van der Waals surface area contributed by atoms with Gasteiger partial charge in [-0.05, 0) is 18.2 Å². The average molecular weight is 289 g/mol. The lowest BCUT2D eigenvalue weighted by atomic mass is 10.1. The highest BCUT2D eigenvalue weighted by molar-refractivity contribution is 5.83. The summed E-state index contributed by atoms with van der Waals surface area (Å²) in [5, 5.41) is 9.22. The fraction of sp³-hybridized carbons (Fsp3) is 0.133. The van der Waals surface area contributed by atoms with Gasteiger partial charge in [-0.15, -0.1) is 0 Å². The summed E-state index contributed by atoms with van der Waals surface area (Å²) < 4.78 is 28.4. The van der Waals surface area contributed by atoms with E-state index in [-0.39, 0.29) is 18.8 Å². The Morgan fingerprint density at radius 2 is 1.86 bits per heavy atom. The number of fused-ring (bicyclic) bond motifs is 1. The number of hydrogen-bond acceptors (Lipinski definition) is 3. The monoisotopic (exact) mass is 289 g/mol. The number of benzene rings is 2. The second-order valence-corrected chi connectivity index (χ2v) is 4.65. The van der Waals surface area contributed by atoms with E-state index in [9.17, 15) is 13.9 Å². The van der Waals surface area contributed by atoms with Crippen molar-refractivity contribution in [2.75, 3.05) is 12.3 Å². The number of rotatable bonds is 3. The first-order chi connectivity index (χ1) is 10.1. The summed E-state index contributed by atoms with van der Waals surface area (Å²) in [6, 6.07) is 9.29. The van der Waals surface area contributed by atoms with E-state index in [0.29, 0.717) is 16.9 Å². The molecule has 0 saturated carbocycles. The zero-order chi connectivity index (χ0) is 15.0. The van der Waals surface area contributed by atoms with Gasteiger partial charge < -0.3 is 15.4 Å². The van der Waals surface area contributed by atoms with E-state index in [2.05, 4.69) is 4.98 Å². The maximum absolute atomic E-state index is 13.5. The highest BCUT2D eigenvalue weighted by Gasteiger charge is 2.16. The normalized spacial score (nSPS) is 11.2. The number of nitrogens with zero attached hydrogens (tertiary/aromatic N) is 2. The number of para-hydroxylation sites is 2. The van der Waals surface area contributed by atoms with Crippen molar-refractivity contribution in [3.05, 3.63) is 48.0 Å². The third kappa shape index (κ3) is 2.23. The molecule has 0 radical (unpaired) electrons. The van der Waals surface area contributed by atoms with Crippen LogP contribution in [0.2, 0.25) is 0 Å². The van der Waals surface area contributed by atoms with Crippen molar-refractivity contribution in [1.82, 2.24) is 9.55 Å². The van der Waals surface area contributed by atoms with Crippen LogP contribution in [0.3, 0.4) is 0 Å². The second kappa shape index (κ2) is 5.14. The standard InChI is InChI=1S/C15H13F2N3O/c16-10-7-9(12(18)8-11(10)17)15-19-13-3-1-2-4-14(13)20(15)5-6-21/h1-4,7-8,21H,5-6,18H2. The van der Waals surface area contributed by atoms with Crippen molar-refractivity contribution in [2.45, 2.75) is 6.54 Å². The van der Waals surface area contributed by atoms with Crippen LogP contribution in [0.5, 0.6) is 0 Å². The van der Waals surface area contributed by atoms with E-state index in [1.165, 1.54) is 0 Å². The number of nitrogen functional groups attached to an aromatic ring is 1. The van der Waals surface area contributed by atoms with Crippen molar-refractivity contribution < 1.29 is 13.9 Å². The molecule has 108 valence electrons. The van der Waals surface area contributed by atoms with Gasteiger partial charge in [0.05, 0.1) is 17.6 Å². The quantitative estimate of drug-likeness (QED) is 0.728. The van der Waals surface area contributed by atoms with E-state index in [4.69, 9.17) is 5.73 Å². The van der Waals surface area contributed by atoms with Crippen LogP contribution in [0.25, 0.3) is 22.4 Å². The Kier molecular flexibility index (Phi) is 3.31. The molecule has 0 bridgehead atoms. The van der Waals surface area contributed by atoms with E-state index >= 15 is 0 Å². The first-order valence-electron chi connectivity index (χ1n) is 6.43. The summed E-state index contributed by atoms with van der Waals surface area (Å²) in [4.78, 5) is 4.42. The first-order valence-corrected chi connectivity index (χ1v) is 6.43. The van der Waals surface area contributed by atoms with Crippen LogP contribution in [0, 0.1) is 11.6 Å². The topological polar surface area (TPSA) is 64.1 Å². The number of hydrogen-bond donors (Lipinski definition) is 2. The lowest BCUT2D eigenvalue weighted by Crippen LogP contribution is -2.06. The maximum Gasteiger partial charge on any atom is 0.160 e. The van der Waals surface area contributed by atoms with Gasteiger partial charge in [0.2, 0.25) is 0 Å². The Morgan fingerprint density at radius 1 is 1.14 bits per heavy atom. The van der Waals surface area contributed by atoms with Crippen LogP contribution in [0.1, 0.15) is 0 Å². The maximum atomic E-state index is 13.5. The van der Waals surface area contributed by atoms with Gasteiger partial charge in [-0.2, -0.15) is 0 Å². The van der Waals surface area contributed by atoms with Gasteiger partial charge in [0.15, 0.2) is 11.6 Å². The third-order valence-electron chi connectivity index (χ3n) is 3.31. The first kappa shape index (κ1) is 13.5. The fourth-order valence-corrected chi connectivity index (χ4v) is 2.36. The lowest BCUT2D eigenvalue weighted by molar-refractivity contribution is 0.278. The van der Waals surface area contributed by atoms with Crippen molar-refractivity contribution in [2.24, 2.45) is 0 Å². The Hall–Kier alpha value is -2.47. The summed E-state index contributed by atoms with van der Waals surface area (Å²) in [5.74, 6) is -1.58. The minimum atomic E-state index is -0.999. The van der Waals surface area contributed by atoms with Crippen LogP contribution in [-0.4, -0.2) is 21.3 Å². The largest absolute Gasteiger partial charge is 0.398 e. The molecule has 3 aromatic rings. The zero-order valence-corrected chi connectivity index (χ0v) is 11.1. The van der Waals surface area contributed by atoms with Crippen LogP contribution in [-0.2, 0) is 6.54 Å². The summed E-state index contributed by atoms with van der Waals surface area (Å²) in [6.45, 7) is 0.186. The molecule has 0 aliphatic carbocycles. The fourth-order valence-electron chi connectivity index (χ4n) is 2.36. The molecule has 6 heteroatoms. The Labute approximate surface area is 119 Å². The molecule has 0 saturated heterocycles. The van der Waals surface area contributed by atoms with Crippen LogP contribution in [0.4, 0.5) is 14.5 Å². The molecular formula is C15H13F2N3O. The smallest absolute Gasteiger partial charge is 0.160 e. The predicted molar refractivity (Wildman–Crippen MR) is 76.6 cm³/mol. The van der Waals surface area contributed by atoms with E-state index in [1.54, 1.807) is 4.57 Å². The Balaban J connectivity index is 2.29. The summed E-state index contributed by atoms with van der Waals surface area (Å²) in [7, 11) is 0. The molecule has 2 aromatic carbocycles. The number of halogens is 2. The molecule has 21 heavy (non-hydrogen) atoms. The molecule has 0 aliphatic rings. The summed E-state index contributed by atoms with van der Waals surface area (Å²) >= 11 is 0. The van der Waals surface area contributed by atoms with E-state index in [0.717, 1.165) is 17.6 Å².